The third-order valence-electron chi connectivity index (χ3n) is 2.70. The number of benzene rings is 1. The van der Waals surface area contributed by atoms with Crippen molar-refractivity contribution >= 4 is 16.7 Å². The van der Waals surface area contributed by atoms with Crippen molar-refractivity contribution in [1.29, 1.82) is 0 Å². The molecular weight excluding hydrogens is 268 g/mol. The van der Waals surface area contributed by atoms with Crippen molar-refractivity contribution in [3.63, 3.8) is 0 Å². The molecule has 100 valence electrons. The summed E-state index contributed by atoms with van der Waals surface area (Å²) < 4.78 is 1.15. The number of nitrogens with zero attached hydrogens (tertiary/aromatic N) is 4. The zero-order chi connectivity index (χ0) is 14.3. The van der Waals surface area contributed by atoms with Crippen molar-refractivity contribution in [3.05, 3.63) is 55.1 Å². The van der Waals surface area contributed by atoms with E-state index < -0.39 is 16.0 Å². The Hall–Kier alpha value is -3.30. The van der Waals surface area contributed by atoms with Crippen molar-refractivity contribution in [2.24, 2.45) is 0 Å². The number of nitro benzene ring substituents is 1. The second kappa shape index (κ2) is 4.12. The predicted molar refractivity (Wildman–Crippen MR) is 66.8 cm³/mol. The summed E-state index contributed by atoms with van der Waals surface area (Å²) in [4.78, 5) is 33.3. The summed E-state index contributed by atoms with van der Waals surface area (Å²) in [5.41, 5.74) is -0.982. The quantitative estimate of drug-likeness (QED) is 0.486. The van der Waals surface area contributed by atoms with Gasteiger partial charge in [-0.3, -0.25) is 29.9 Å². The van der Waals surface area contributed by atoms with Gasteiger partial charge in [0, 0.05) is 12.1 Å². The minimum atomic E-state index is -0.576. The Morgan fingerprint density at radius 2 is 1.75 bits per heavy atom. The van der Waals surface area contributed by atoms with Crippen LogP contribution in [0.4, 0.5) is 5.69 Å². The largest absolute Gasteiger partial charge is 0.292 e. The van der Waals surface area contributed by atoms with Crippen LogP contribution < -0.4 is 11.1 Å². The molecule has 1 aromatic carbocycles. The van der Waals surface area contributed by atoms with Gasteiger partial charge >= 0.3 is 0 Å². The first-order valence-electron chi connectivity index (χ1n) is 5.39. The molecule has 0 atom stereocenters. The van der Waals surface area contributed by atoms with Crippen LogP contribution in [0.1, 0.15) is 0 Å². The highest BCUT2D eigenvalue weighted by molar-refractivity contribution is 5.73. The molecular formula is C10H6N6O4. The van der Waals surface area contributed by atoms with Crippen molar-refractivity contribution in [1.82, 2.24) is 25.2 Å². The fourth-order valence-corrected chi connectivity index (χ4v) is 1.77. The van der Waals surface area contributed by atoms with E-state index in [-0.39, 0.29) is 16.7 Å². The van der Waals surface area contributed by atoms with E-state index in [2.05, 4.69) is 20.5 Å². The molecule has 3 aromatic rings. The lowest BCUT2D eigenvalue weighted by Gasteiger charge is -2.00. The van der Waals surface area contributed by atoms with Crippen LogP contribution in [0.15, 0.2) is 33.9 Å². The second-order valence-corrected chi connectivity index (χ2v) is 3.88. The number of H-pyrrole nitrogens is 2. The zero-order valence-electron chi connectivity index (χ0n) is 9.73. The van der Waals surface area contributed by atoms with Gasteiger partial charge in [0.05, 0.1) is 10.6 Å². The van der Waals surface area contributed by atoms with Gasteiger partial charge in [-0.15, -0.1) is 5.10 Å². The molecule has 0 saturated carbocycles. The van der Waals surface area contributed by atoms with Gasteiger partial charge in [0.25, 0.3) is 16.8 Å². The SMILES string of the molecule is O=c1[nH][nH]c(=O)c2c1nnn2-c1ccc([N+](=O)[O-])cc1. The number of non-ortho nitro benzene ring substituents is 1. The summed E-state index contributed by atoms with van der Waals surface area (Å²) in [5, 5.41) is 22.2. The molecule has 3 rings (SSSR count). The summed E-state index contributed by atoms with van der Waals surface area (Å²) in [6.07, 6.45) is 0. The third kappa shape index (κ3) is 1.67. The van der Waals surface area contributed by atoms with Crippen LogP contribution in [0.3, 0.4) is 0 Å². The van der Waals surface area contributed by atoms with Crippen LogP contribution >= 0.6 is 0 Å². The first-order valence-corrected chi connectivity index (χ1v) is 5.39. The molecule has 0 aliphatic heterocycles. The summed E-state index contributed by atoms with van der Waals surface area (Å²) in [6, 6.07) is 5.36. The van der Waals surface area contributed by atoms with Crippen LogP contribution in [0.2, 0.25) is 0 Å². The molecule has 0 amide bonds. The highest BCUT2D eigenvalue weighted by atomic mass is 16.6. The van der Waals surface area contributed by atoms with E-state index in [1.165, 1.54) is 24.3 Å². The van der Waals surface area contributed by atoms with Gasteiger partial charge in [-0.2, -0.15) is 0 Å². The molecule has 10 nitrogen and oxygen atoms in total. The fourth-order valence-electron chi connectivity index (χ4n) is 1.77. The van der Waals surface area contributed by atoms with Crippen LogP contribution in [-0.4, -0.2) is 30.1 Å². The van der Waals surface area contributed by atoms with Gasteiger partial charge in [0.2, 0.25) is 0 Å². The topological polar surface area (TPSA) is 140 Å². The smallest absolute Gasteiger partial charge is 0.266 e. The highest BCUT2D eigenvalue weighted by Crippen LogP contribution is 2.16. The second-order valence-electron chi connectivity index (χ2n) is 3.88. The van der Waals surface area contributed by atoms with Gasteiger partial charge in [-0.25, -0.2) is 4.68 Å². The maximum absolute atomic E-state index is 11.7. The number of fused-ring (bicyclic) bond motifs is 1. The third-order valence-corrected chi connectivity index (χ3v) is 2.70. The number of aromatic nitrogens is 5. The van der Waals surface area contributed by atoms with Gasteiger partial charge in [0.1, 0.15) is 0 Å². The molecule has 0 spiro atoms. The van der Waals surface area contributed by atoms with Gasteiger partial charge in [-0.1, -0.05) is 5.21 Å². The number of nitro groups is 1. The van der Waals surface area contributed by atoms with E-state index in [4.69, 9.17) is 0 Å². The van der Waals surface area contributed by atoms with E-state index in [1.54, 1.807) is 0 Å². The highest BCUT2D eigenvalue weighted by Gasteiger charge is 2.14. The van der Waals surface area contributed by atoms with Crippen LogP contribution in [0.25, 0.3) is 16.7 Å². The Balaban J connectivity index is 2.25. The average molecular weight is 274 g/mol. The Kier molecular flexibility index (Phi) is 2.42. The van der Waals surface area contributed by atoms with E-state index in [0.29, 0.717) is 5.69 Å². The molecule has 0 bridgehead atoms. The van der Waals surface area contributed by atoms with E-state index in [1.807, 2.05) is 0 Å². The molecule has 0 unspecified atom stereocenters. The van der Waals surface area contributed by atoms with Crippen molar-refractivity contribution in [2.45, 2.75) is 0 Å². The standard InChI is InChI=1S/C10H6N6O4/c17-9-7-8(10(18)13-12-9)15(14-11-7)5-1-3-6(4-2-5)16(19)20/h1-4H,(H,12,17)(H,13,18). The Morgan fingerprint density at radius 1 is 1.10 bits per heavy atom. The fraction of sp³-hybridized carbons (Fsp3) is 0. The summed E-state index contributed by atoms with van der Waals surface area (Å²) >= 11 is 0. The minimum Gasteiger partial charge on any atom is -0.266 e. The van der Waals surface area contributed by atoms with Gasteiger partial charge in [-0.05, 0) is 12.1 Å². The lowest BCUT2D eigenvalue weighted by molar-refractivity contribution is -0.384. The maximum atomic E-state index is 11.7. The van der Waals surface area contributed by atoms with Crippen molar-refractivity contribution in [3.8, 4) is 5.69 Å². The molecule has 2 heterocycles. The summed E-state index contributed by atoms with van der Waals surface area (Å²) in [6.45, 7) is 0. The molecule has 10 heteroatoms. The lowest BCUT2D eigenvalue weighted by Crippen LogP contribution is -2.20. The molecule has 0 radical (unpaired) electrons. The normalized spacial score (nSPS) is 10.8. The number of aromatic amines is 2. The van der Waals surface area contributed by atoms with Crippen molar-refractivity contribution in [2.75, 3.05) is 0 Å². The maximum Gasteiger partial charge on any atom is 0.292 e. The van der Waals surface area contributed by atoms with E-state index in [0.717, 1.165) is 4.68 Å². The van der Waals surface area contributed by atoms with E-state index >= 15 is 0 Å². The minimum absolute atomic E-state index is 0.0254. The summed E-state index contributed by atoms with van der Waals surface area (Å²) in [5.74, 6) is 0. The Labute approximate surface area is 108 Å². The average Bonchev–Trinajstić information content (AvgIpc) is 2.89. The molecule has 2 aromatic heterocycles. The number of hydrogen-bond donors (Lipinski definition) is 2. The lowest BCUT2D eigenvalue weighted by atomic mass is 10.3. The van der Waals surface area contributed by atoms with Crippen LogP contribution in [0, 0.1) is 10.1 Å². The first-order chi connectivity index (χ1) is 9.58. The molecule has 0 aliphatic rings. The first kappa shape index (κ1) is 11.8. The predicted octanol–water partition coefficient (Wildman–Crippen LogP) is -0.295. The van der Waals surface area contributed by atoms with Gasteiger partial charge in [0.15, 0.2) is 11.0 Å². The molecule has 20 heavy (non-hydrogen) atoms. The van der Waals surface area contributed by atoms with E-state index in [9.17, 15) is 19.7 Å². The Morgan fingerprint density at radius 3 is 2.40 bits per heavy atom. The number of nitrogens with one attached hydrogen (secondary N) is 2. The van der Waals surface area contributed by atoms with Gasteiger partial charge < -0.3 is 0 Å². The zero-order valence-corrected chi connectivity index (χ0v) is 9.73. The van der Waals surface area contributed by atoms with Crippen LogP contribution in [0.5, 0.6) is 0 Å². The number of hydrogen-bond acceptors (Lipinski definition) is 6. The molecule has 0 fully saturated rings. The van der Waals surface area contributed by atoms with Crippen molar-refractivity contribution < 1.29 is 4.92 Å². The monoisotopic (exact) mass is 274 g/mol. The number of rotatable bonds is 2. The summed E-state index contributed by atoms with van der Waals surface area (Å²) in [7, 11) is 0. The molecule has 0 saturated heterocycles. The van der Waals surface area contributed by atoms with Crippen LogP contribution in [-0.2, 0) is 0 Å². The molecule has 0 aliphatic carbocycles. The Bertz CT molecular complexity index is 919. The molecule has 2 N–H and O–H groups in total.